The van der Waals surface area contributed by atoms with Crippen LogP contribution in [0.4, 0.5) is 10.5 Å². The third-order valence-corrected chi connectivity index (χ3v) is 4.27. The van der Waals surface area contributed by atoms with Crippen LogP contribution in [0, 0.1) is 11.3 Å². The zero-order chi connectivity index (χ0) is 14.8. The van der Waals surface area contributed by atoms with Gasteiger partial charge in [0.2, 0.25) is 0 Å². The highest BCUT2D eigenvalue weighted by molar-refractivity contribution is 5.95. The molecule has 0 spiro atoms. The number of anilines is 1. The van der Waals surface area contributed by atoms with Crippen LogP contribution in [0.3, 0.4) is 0 Å². The van der Waals surface area contributed by atoms with Crippen molar-refractivity contribution in [2.75, 3.05) is 11.9 Å². The SMILES string of the molecule is CC(=O)c1ccc(NC(=O)NCC2(C(C)C)CC2)cc1. The van der Waals surface area contributed by atoms with Crippen molar-refractivity contribution < 1.29 is 9.59 Å². The number of hydrogen-bond donors (Lipinski definition) is 2. The number of hydrogen-bond acceptors (Lipinski definition) is 2. The van der Waals surface area contributed by atoms with Gasteiger partial charge in [0.25, 0.3) is 0 Å². The van der Waals surface area contributed by atoms with Gasteiger partial charge >= 0.3 is 6.03 Å². The number of carbonyl (C=O) groups excluding carboxylic acids is 2. The first kappa shape index (κ1) is 14.6. The van der Waals surface area contributed by atoms with Crippen molar-refractivity contribution in [3.63, 3.8) is 0 Å². The van der Waals surface area contributed by atoms with E-state index in [4.69, 9.17) is 0 Å². The maximum Gasteiger partial charge on any atom is 0.319 e. The van der Waals surface area contributed by atoms with Gasteiger partial charge in [-0.3, -0.25) is 4.79 Å². The second-order valence-electron chi connectivity index (χ2n) is 5.96. The van der Waals surface area contributed by atoms with Crippen LogP contribution in [-0.2, 0) is 0 Å². The Kier molecular flexibility index (Phi) is 4.12. The van der Waals surface area contributed by atoms with Crippen LogP contribution in [0.5, 0.6) is 0 Å². The molecule has 0 aromatic heterocycles. The van der Waals surface area contributed by atoms with Gasteiger partial charge in [0, 0.05) is 17.8 Å². The van der Waals surface area contributed by atoms with Gasteiger partial charge in [-0.15, -0.1) is 0 Å². The third kappa shape index (κ3) is 3.38. The fourth-order valence-electron chi connectivity index (χ4n) is 2.34. The second kappa shape index (κ2) is 5.65. The minimum Gasteiger partial charge on any atom is -0.337 e. The van der Waals surface area contributed by atoms with Crippen LogP contribution in [-0.4, -0.2) is 18.4 Å². The lowest BCUT2D eigenvalue weighted by Crippen LogP contribution is -2.35. The summed E-state index contributed by atoms with van der Waals surface area (Å²) in [4.78, 5) is 23.0. The molecule has 0 aliphatic heterocycles. The summed E-state index contributed by atoms with van der Waals surface area (Å²) < 4.78 is 0. The van der Waals surface area contributed by atoms with Crippen molar-refractivity contribution in [1.29, 1.82) is 0 Å². The van der Waals surface area contributed by atoms with Crippen LogP contribution in [0.2, 0.25) is 0 Å². The Morgan fingerprint density at radius 3 is 2.25 bits per heavy atom. The largest absolute Gasteiger partial charge is 0.337 e. The molecule has 0 bridgehead atoms. The minimum absolute atomic E-state index is 0.0219. The third-order valence-electron chi connectivity index (χ3n) is 4.27. The average Bonchev–Trinajstić information content (AvgIpc) is 3.18. The maximum absolute atomic E-state index is 11.8. The molecule has 20 heavy (non-hydrogen) atoms. The molecule has 1 aromatic carbocycles. The quantitative estimate of drug-likeness (QED) is 0.808. The van der Waals surface area contributed by atoms with E-state index in [1.807, 2.05) is 0 Å². The Morgan fingerprint density at radius 2 is 1.80 bits per heavy atom. The zero-order valence-electron chi connectivity index (χ0n) is 12.3. The van der Waals surface area contributed by atoms with E-state index in [9.17, 15) is 9.59 Å². The van der Waals surface area contributed by atoms with Crippen LogP contribution in [0.25, 0.3) is 0 Å². The molecule has 1 aromatic rings. The van der Waals surface area contributed by atoms with Crippen molar-refractivity contribution in [3.05, 3.63) is 29.8 Å². The maximum atomic E-state index is 11.8. The van der Waals surface area contributed by atoms with E-state index in [2.05, 4.69) is 24.5 Å². The Labute approximate surface area is 119 Å². The van der Waals surface area contributed by atoms with Crippen LogP contribution < -0.4 is 10.6 Å². The van der Waals surface area contributed by atoms with Crippen molar-refractivity contribution in [1.82, 2.24) is 5.32 Å². The lowest BCUT2D eigenvalue weighted by Gasteiger charge is -2.20. The topological polar surface area (TPSA) is 58.2 Å². The molecule has 1 fully saturated rings. The normalized spacial score (nSPS) is 15.8. The van der Waals surface area contributed by atoms with Crippen molar-refractivity contribution in [3.8, 4) is 0 Å². The van der Waals surface area contributed by atoms with Gasteiger partial charge in [-0.2, -0.15) is 0 Å². The summed E-state index contributed by atoms with van der Waals surface area (Å²) in [5.41, 5.74) is 1.64. The zero-order valence-corrected chi connectivity index (χ0v) is 12.3. The number of rotatable bonds is 5. The van der Waals surface area contributed by atoms with Gasteiger partial charge in [0.15, 0.2) is 5.78 Å². The summed E-state index contributed by atoms with van der Waals surface area (Å²) in [6, 6.07) is 6.73. The molecule has 4 nitrogen and oxygen atoms in total. The van der Waals surface area contributed by atoms with Crippen molar-refractivity contribution in [2.45, 2.75) is 33.6 Å². The highest BCUT2D eigenvalue weighted by Crippen LogP contribution is 2.51. The summed E-state index contributed by atoms with van der Waals surface area (Å²) in [6.45, 7) is 6.65. The summed E-state index contributed by atoms with van der Waals surface area (Å²) in [5, 5.41) is 5.72. The van der Waals surface area contributed by atoms with Gasteiger partial charge in [-0.25, -0.2) is 4.79 Å². The van der Waals surface area contributed by atoms with Gasteiger partial charge in [-0.05, 0) is 55.4 Å². The minimum atomic E-state index is -0.187. The molecule has 0 saturated heterocycles. The van der Waals surface area contributed by atoms with E-state index in [1.54, 1.807) is 24.3 Å². The predicted molar refractivity (Wildman–Crippen MR) is 80.0 cm³/mol. The molecule has 0 radical (unpaired) electrons. The lowest BCUT2D eigenvalue weighted by molar-refractivity contribution is 0.101. The molecule has 1 aliphatic carbocycles. The van der Waals surface area contributed by atoms with Crippen LogP contribution in [0.1, 0.15) is 44.0 Å². The first-order valence-corrected chi connectivity index (χ1v) is 7.09. The second-order valence-corrected chi connectivity index (χ2v) is 5.96. The van der Waals surface area contributed by atoms with Crippen molar-refractivity contribution >= 4 is 17.5 Å². The molecular weight excluding hydrogens is 252 g/mol. The molecular formula is C16H22N2O2. The first-order valence-electron chi connectivity index (χ1n) is 7.09. The number of ketones is 1. The molecule has 2 N–H and O–H groups in total. The Hall–Kier alpha value is -1.84. The van der Waals surface area contributed by atoms with Crippen LogP contribution >= 0.6 is 0 Å². The average molecular weight is 274 g/mol. The van der Waals surface area contributed by atoms with Gasteiger partial charge in [0.05, 0.1) is 0 Å². The fourth-order valence-corrected chi connectivity index (χ4v) is 2.34. The van der Waals surface area contributed by atoms with Crippen molar-refractivity contribution in [2.24, 2.45) is 11.3 Å². The van der Waals surface area contributed by atoms with Gasteiger partial charge in [0.1, 0.15) is 0 Å². The summed E-state index contributed by atoms with van der Waals surface area (Å²) >= 11 is 0. The lowest BCUT2D eigenvalue weighted by atomic mass is 9.92. The molecule has 1 saturated carbocycles. The van der Waals surface area contributed by atoms with E-state index < -0.39 is 0 Å². The predicted octanol–water partition coefficient (Wildman–Crippen LogP) is 3.45. The van der Waals surface area contributed by atoms with Crippen LogP contribution in [0.15, 0.2) is 24.3 Å². The Morgan fingerprint density at radius 1 is 1.20 bits per heavy atom. The van der Waals surface area contributed by atoms with E-state index in [1.165, 1.54) is 19.8 Å². The molecule has 108 valence electrons. The molecule has 0 unspecified atom stereocenters. The highest BCUT2D eigenvalue weighted by Gasteiger charge is 2.45. The summed E-state index contributed by atoms with van der Waals surface area (Å²) in [7, 11) is 0. The fraction of sp³-hybridized carbons (Fsp3) is 0.500. The number of urea groups is 1. The van der Waals surface area contributed by atoms with E-state index in [0.717, 1.165) is 6.54 Å². The van der Waals surface area contributed by atoms with Gasteiger partial charge < -0.3 is 10.6 Å². The summed E-state index contributed by atoms with van der Waals surface area (Å²) in [6.07, 6.45) is 2.39. The molecule has 4 heteroatoms. The number of benzene rings is 1. The van der Waals surface area contributed by atoms with E-state index in [-0.39, 0.29) is 11.8 Å². The molecule has 0 atom stereocenters. The smallest absolute Gasteiger partial charge is 0.319 e. The standard InChI is InChI=1S/C16H22N2O2/c1-11(2)16(8-9-16)10-17-15(20)18-14-6-4-13(5-7-14)12(3)19/h4-7,11H,8-10H2,1-3H3,(H2,17,18,20). The monoisotopic (exact) mass is 274 g/mol. The summed E-state index contributed by atoms with van der Waals surface area (Å²) in [5.74, 6) is 0.617. The molecule has 0 heterocycles. The van der Waals surface area contributed by atoms with E-state index >= 15 is 0 Å². The number of nitrogens with one attached hydrogen (secondary N) is 2. The molecule has 2 rings (SSSR count). The highest BCUT2D eigenvalue weighted by atomic mass is 16.2. The molecule has 1 aliphatic rings. The first-order chi connectivity index (χ1) is 9.43. The molecule has 2 amide bonds. The Balaban J connectivity index is 1.84. The number of Topliss-reactive ketones (excluding diaryl/α,β-unsaturated/α-hetero) is 1. The van der Waals surface area contributed by atoms with Gasteiger partial charge in [-0.1, -0.05) is 13.8 Å². The number of carbonyl (C=O) groups is 2. The number of amides is 2. The Bertz CT molecular complexity index is 502. The van der Waals surface area contributed by atoms with E-state index in [0.29, 0.717) is 22.6 Å².